The summed E-state index contributed by atoms with van der Waals surface area (Å²) in [6.07, 6.45) is 0.949. The van der Waals surface area contributed by atoms with E-state index in [0.29, 0.717) is 18.0 Å². The highest BCUT2D eigenvalue weighted by Crippen LogP contribution is 2.14. The molecule has 0 aliphatic rings. The van der Waals surface area contributed by atoms with Crippen LogP contribution < -0.4 is 5.32 Å². The zero-order valence-electron chi connectivity index (χ0n) is 11.0. The third-order valence-corrected chi connectivity index (χ3v) is 2.92. The van der Waals surface area contributed by atoms with Gasteiger partial charge in [-0.1, -0.05) is 35.8 Å². The third kappa shape index (κ3) is 6.47. The first kappa shape index (κ1) is 15.6. The lowest BCUT2D eigenvalue weighted by Crippen LogP contribution is -2.17. The summed E-state index contributed by atoms with van der Waals surface area (Å²) in [5.41, 5.74) is 0.696. The van der Waals surface area contributed by atoms with Crippen LogP contribution in [-0.4, -0.2) is 19.8 Å². The quantitative estimate of drug-likeness (QED) is 0.737. The molecule has 4 heteroatoms. The molecule has 0 unspecified atom stereocenters. The van der Waals surface area contributed by atoms with Crippen LogP contribution in [0, 0.1) is 11.7 Å². The molecule has 0 saturated heterocycles. The molecule has 0 aliphatic heterocycles. The maximum Gasteiger partial charge on any atom is 0.128 e. The van der Waals surface area contributed by atoms with Crippen molar-refractivity contribution in [1.82, 2.24) is 5.32 Å². The van der Waals surface area contributed by atoms with Gasteiger partial charge in [-0.25, -0.2) is 4.39 Å². The molecule has 0 bridgehead atoms. The fourth-order valence-electron chi connectivity index (χ4n) is 1.51. The zero-order chi connectivity index (χ0) is 13.4. The highest BCUT2D eigenvalue weighted by Gasteiger charge is 2.01. The molecular weight excluding hydrogens is 297 g/mol. The minimum atomic E-state index is -0.173. The van der Waals surface area contributed by atoms with Gasteiger partial charge in [0, 0.05) is 29.8 Å². The lowest BCUT2D eigenvalue weighted by Gasteiger charge is -2.08. The van der Waals surface area contributed by atoms with Crippen molar-refractivity contribution in [2.45, 2.75) is 26.8 Å². The average Bonchev–Trinajstić information content (AvgIpc) is 2.30. The van der Waals surface area contributed by atoms with Gasteiger partial charge in [0.1, 0.15) is 5.82 Å². The van der Waals surface area contributed by atoms with E-state index in [9.17, 15) is 4.39 Å². The van der Waals surface area contributed by atoms with Gasteiger partial charge in [0.25, 0.3) is 0 Å². The van der Waals surface area contributed by atoms with Crippen molar-refractivity contribution in [3.63, 3.8) is 0 Å². The van der Waals surface area contributed by atoms with E-state index >= 15 is 0 Å². The van der Waals surface area contributed by atoms with E-state index in [1.807, 2.05) is 6.07 Å². The van der Waals surface area contributed by atoms with E-state index in [4.69, 9.17) is 4.74 Å². The summed E-state index contributed by atoms with van der Waals surface area (Å²) in [4.78, 5) is 0. The van der Waals surface area contributed by atoms with Gasteiger partial charge in [-0.3, -0.25) is 0 Å². The van der Waals surface area contributed by atoms with Crippen molar-refractivity contribution in [2.75, 3.05) is 19.8 Å². The second-order valence-electron chi connectivity index (χ2n) is 4.73. The van der Waals surface area contributed by atoms with Crippen LogP contribution in [-0.2, 0) is 11.3 Å². The summed E-state index contributed by atoms with van der Waals surface area (Å²) in [5.74, 6) is 0.405. The number of halogens is 2. The molecule has 0 spiro atoms. The molecule has 0 radical (unpaired) electrons. The first-order chi connectivity index (χ1) is 8.59. The minimum Gasteiger partial charge on any atom is -0.381 e. The lowest BCUT2D eigenvalue weighted by molar-refractivity contribution is 0.108. The Kier molecular flexibility index (Phi) is 7.47. The molecule has 18 heavy (non-hydrogen) atoms. The molecule has 0 saturated carbocycles. The molecular formula is C14H21BrFNO. The maximum absolute atomic E-state index is 13.5. The number of hydrogen-bond acceptors (Lipinski definition) is 2. The van der Waals surface area contributed by atoms with Gasteiger partial charge in [-0.15, -0.1) is 0 Å². The molecule has 0 atom stereocenters. The first-order valence-corrected chi connectivity index (χ1v) is 7.11. The summed E-state index contributed by atoms with van der Waals surface area (Å²) in [5, 5.41) is 3.21. The number of hydrogen-bond donors (Lipinski definition) is 1. The van der Waals surface area contributed by atoms with Crippen LogP contribution in [0.3, 0.4) is 0 Å². The summed E-state index contributed by atoms with van der Waals surface area (Å²) in [6, 6.07) is 5.14. The van der Waals surface area contributed by atoms with E-state index in [1.165, 1.54) is 6.07 Å². The van der Waals surface area contributed by atoms with Gasteiger partial charge in [-0.2, -0.15) is 0 Å². The summed E-state index contributed by atoms with van der Waals surface area (Å²) < 4.78 is 19.7. The van der Waals surface area contributed by atoms with Crippen LogP contribution in [0.15, 0.2) is 22.7 Å². The van der Waals surface area contributed by atoms with E-state index in [-0.39, 0.29) is 5.82 Å². The topological polar surface area (TPSA) is 21.3 Å². The Morgan fingerprint density at radius 2 is 2.17 bits per heavy atom. The Morgan fingerprint density at radius 3 is 2.83 bits per heavy atom. The number of nitrogens with one attached hydrogen (secondary N) is 1. The van der Waals surface area contributed by atoms with Crippen LogP contribution in [0.1, 0.15) is 25.8 Å². The second kappa shape index (κ2) is 8.62. The fourth-order valence-corrected chi connectivity index (χ4v) is 1.84. The highest BCUT2D eigenvalue weighted by molar-refractivity contribution is 9.10. The van der Waals surface area contributed by atoms with Crippen molar-refractivity contribution in [3.8, 4) is 0 Å². The fraction of sp³-hybridized carbons (Fsp3) is 0.571. The molecule has 0 amide bonds. The Bertz CT molecular complexity index is 358. The molecule has 0 heterocycles. The third-order valence-electron chi connectivity index (χ3n) is 2.42. The molecule has 1 aromatic rings. The summed E-state index contributed by atoms with van der Waals surface area (Å²) in [7, 11) is 0. The van der Waals surface area contributed by atoms with Gasteiger partial charge in [0.15, 0.2) is 0 Å². The second-order valence-corrected chi connectivity index (χ2v) is 5.65. The lowest BCUT2D eigenvalue weighted by atomic mass is 10.2. The van der Waals surface area contributed by atoms with Crippen LogP contribution >= 0.6 is 15.9 Å². The highest BCUT2D eigenvalue weighted by atomic mass is 79.9. The largest absolute Gasteiger partial charge is 0.381 e. The van der Waals surface area contributed by atoms with Gasteiger partial charge < -0.3 is 10.1 Å². The predicted octanol–water partition coefficient (Wildman–Crippen LogP) is 3.74. The Morgan fingerprint density at radius 1 is 1.39 bits per heavy atom. The van der Waals surface area contributed by atoms with Crippen molar-refractivity contribution >= 4 is 15.9 Å². The van der Waals surface area contributed by atoms with Crippen molar-refractivity contribution in [1.29, 1.82) is 0 Å². The van der Waals surface area contributed by atoms with E-state index < -0.39 is 0 Å². The molecule has 0 aromatic heterocycles. The van der Waals surface area contributed by atoms with Gasteiger partial charge in [-0.05, 0) is 31.0 Å². The predicted molar refractivity (Wildman–Crippen MR) is 76.1 cm³/mol. The van der Waals surface area contributed by atoms with Gasteiger partial charge in [0.2, 0.25) is 0 Å². The van der Waals surface area contributed by atoms with Crippen LogP contribution in [0.2, 0.25) is 0 Å². The number of rotatable bonds is 8. The summed E-state index contributed by atoms with van der Waals surface area (Å²) in [6.45, 7) is 7.23. The van der Waals surface area contributed by atoms with Gasteiger partial charge >= 0.3 is 0 Å². The standard InChI is InChI=1S/C14H21BrFNO/c1-11(2)10-18-7-3-6-17-9-12-4-5-13(15)8-14(12)16/h4-5,8,11,17H,3,6-7,9-10H2,1-2H3. The van der Waals surface area contributed by atoms with E-state index in [0.717, 1.165) is 30.7 Å². The van der Waals surface area contributed by atoms with Crippen molar-refractivity contribution in [2.24, 2.45) is 5.92 Å². The monoisotopic (exact) mass is 317 g/mol. The zero-order valence-corrected chi connectivity index (χ0v) is 12.6. The van der Waals surface area contributed by atoms with Gasteiger partial charge in [0.05, 0.1) is 0 Å². The van der Waals surface area contributed by atoms with Crippen LogP contribution in [0.4, 0.5) is 4.39 Å². The maximum atomic E-state index is 13.5. The Hall–Kier alpha value is -0.450. The molecule has 0 aliphatic carbocycles. The number of benzene rings is 1. The molecule has 1 N–H and O–H groups in total. The smallest absolute Gasteiger partial charge is 0.128 e. The minimum absolute atomic E-state index is 0.173. The van der Waals surface area contributed by atoms with Crippen LogP contribution in [0.5, 0.6) is 0 Å². The van der Waals surface area contributed by atoms with Crippen LogP contribution in [0.25, 0.3) is 0 Å². The average molecular weight is 318 g/mol. The normalized spacial score (nSPS) is 11.2. The van der Waals surface area contributed by atoms with Crippen molar-refractivity contribution in [3.05, 3.63) is 34.1 Å². The Labute approximate surface area is 117 Å². The molecule has 102 valence electrons. The SMILES string of the molecule is CC(C)COCCCNCc1ccc(Br)cc1F. The summed E-state index contributed by atoms with van der Waals surface area (Å²) >= 11 is 3.24. The Balaban J connectivity index is 2.11. The van der Waals surface area contributed by atoms with Crippen molar-refractivity contribution < 1.29 is 9.13 Å². The molecule has 0 fully saturated rings. The van der Waals surface area contributed by atoms with E-state index in [2.05, 4.69) is 35.1 Å². The number of ether oxygens (including phenoxy) is 1. The molecule has 1 rings (SSSR count). The molecule has 1 aromatic carbocycles. The molecule has 2 nitrogen and oxygen atoms in total. The van der Waals surface area contributed by atoms with E-state index in [1.54, 1.807) is 6.07 Å². The first-order valence-electron chi connectivity index (χ1n) is 6.32.